The van der Waals surface area contributed by atoms with Crippen molar-refractivity contribution >= 4 is 21.6 Å². The van der Waals surface area contributed by atoms with Crippen LogP contribution >= 0.6 is 0 Å². The highest BCUT2D eigenvalue weighted by molar-refractivity contribution is 7.90. The summed E-state index contributed by atoms with van der Waals surface area (Å²) in [6.45, 7) is 1.14. The minimum atomic E-state index is -3.25. The third-order valence-corrected chi connectivity index (χ3v) is 5.07. The average molecular weight is 384 g/mol. The summed E-state index contributed by atoms with van der Waals surface area (Å²) in [4.78, 5) is 16.2. The van der Waals surface area contributed by atoms with E-state index in [1.165, 1.54) is 12.1 Å². The Kier molecular flexibility index (Phi) is 5.56. The molecule has 0 saturated heterocycles. The first-order valence-corrected chi connectivity index (χ1v) is 10.2. The molecule has 2 N–H and O–H groups in total. The Balaban J connectivity index is 1.50. The molecular formula is C19H20N4O3S. The topological polar surface area (TPSA) is 93.1 Å². The molecule has 3 rings (SSSR count). The van der Waals surface area contributed by atoms with Gasteiger partial charge >= 0.3 is 6.03 Å². The fourth-order valence-electron chi connectivity index (χ4n) is 2.50. The molecule has 0 saturated carbocycles. The summed E-state index contributed by atoms with van der Waals surface area (Å²) in [5.41, 5.74) is 2.65. The molecule has 0 atom stereocenters. The fourth-order valence-corrected chi connectivity index (χ4v) is 3.13. The van der Waals surface area contributed by atoms with Crippen molar-refractivity contribution in [2.24, 2.45) is 0 Å². The van der Waals surface area contributed by atoms with Gasteiger partial charge in [0.2, 0.25) is 0 Å². The van der Waals surface area contributed by atoms with Crippen molar-refractivity contribution in [3.8, 4) is 0 Å². The Morgan fingerprint density at radius 3 is 2.30 bits per heavy atom. The number of carbonyl (C=O) groups excluding carboxylic acids is 1. The Bertz CT molecular complexity index is 996. The molecule has 2 aromatic carbocycles. The van der Waals surface area contributed by atoms with E-state index in [1.807, 2.05) is 35.0 Å². The van der Waals surface area contributed by atoms with Crippen molar-refractivity contribution in [3.63, 3.8) is 0 Å². The minimum Gasteiger partial charge on any atom is -0.334 e. The number of urea groups is 1. The molecule has 140 valence electrons. The van der Waals surface area contributed by atoms with Crippen LogP contribution in [0.3, 0.4) is 0 Å². The van der Waals surface area contributed by atoms with E-state index in [4.69, 9.17) is 0 Å². The number of hydrogen-bond acceptors (Lipinski definition) is 4. The van der Waals surface area contributed by atoms with Crippen LogP contribution in [0.5, 0.6) is 0 Å². The molecule has 1 heterocycles. The lowest BCUT2D eigenvalue weighted by Crippen LogP contribution is -2.28. The van der Waals surface area contributed by atoms with Gasteiger partial charge in [-0.25, -0.2) is 18.2 Å². The van der Waals surface area contributed by atoms with Gasteiger partial charge in [-0.3, -0.25) is 0 Å². The zero-order valence-corrected chi connectivity index (χ0v) is 15.6. The van der Waals surface area contributed by atoms with Crippen LogP contribution in [0.4, 0.5) is 10.5 Å². The lowest BCUT2D eigenvalue weighted by molar-refractivity contribution is 0.251. The van der Waals surface area contributed by atoms with E-state index in [0.29, 0.717) is 12.2 Å². The molecule has 2 amide bonds. The summed E-state index contributed by atoms with van der Waals surface area (Å²) in [6.07, 6.45) is 6.55. The van der Waals surface area contributed by atoms with Gasteiger partial charge in [0.25, 0.3) is 0 Å². The van der Waals surface area contributed by atoms with E-state index < -0.39 is 9.84 Å². The summed E-state index contributed by atoms with van der Waals surface area (Å²) < 4.78 is 24.9. The van der Waals surface area contributed by atoms with Crippen LogP contribution in [-0.2, 0) is 22.9 Å². The molecule has 3 aromatic rings. The molecule has 0 bridgehead atoms. The minimum absolute atomic E-state index is 0.212. The Labute approximate surface area is 158 Å². The molecule has 0 aliphatic rings. The zero-order valence-electron chi connectivity index (χ0n) is 14.8. The van der Waals surface area contributed by atoms with Crippen molar-refractivity contribution in [3.05, 3.63) is 78.4 Å². The third-order valence-electron chi connectivity index (χ3n) is 3.94. The Morgan fingerprint density at radius 1 is 1.04 bits per heavy atom. The summed E-state index contributed by atoms with van der Waals surface area (Å²) in [7, 11) is -3.25. The van der Waals surface area contributed by atoms with Gasteiger partial charge in [0.1, 0.15) is 0 Å². The molecule has 0 unspecified atom stereocenters. The molecule has 7 nitrogen and oxygen atoms in total. The van der Waals surface area contributed by atoms with Gasteiger partial charge in [-0.1, -0.05) is 24.3 Å². The Hall–Kier alpha value is -3.13. The van der Waals surface area contributed by atoms with Gasteiger partial charge in [-0.15, -0.1) is 0 Å². The molecule has 27 heavy (non-hydrogen) atoms. The molecular weight excluding hydrogens is 364 g/mol. The normalized spacial score (nSPS) is 11.1. The number of aromatic nitrogens is 2. The highest BCUT2D eigenvalue weighted by atomic mass is 32.2. The molecule has 0 spiro atoms. The number of nitrogens with zero attached hydrogens (tertiary/aromatic N) is 2. The van der Waals surface area contributed by atoms with Crippen LogP contribution in [0.15, 0.2) is 72.1 Å². The number of carbonyl (C=O) groups is 1. The van der Waals surface area contributed by atoms with Crippen molar-refractivity contribution in [1.82, 2.24) is 14.9 Å². The van der Waals surface area contributed by atoms with Gasteiger partial charge in [0, 0.05) is 37.4 Å². The van der Waals surface area contributed by atoms with Crippen molar-refractivity contribution in [2.75, 3.05) is 11.6 Å². The maximum Gasteiger partial charge on any atom is 0.319 e. The number of imidazole rings is 1. The third kappa shape index (κ3) is 5.42. The molecule has 0 radical (unpaired) electrons. The second-order valence-electron chi connectivity index (χ2n) is 6.16. The van der Waals surface area contributed by atoms with Gasteiger partial charge in [0.15, 0.2) is 9.84 Å². The largest absolute Gasteiger partial charge is 0.334 e. The molecule has 1 aromatic heterocycles. The number of hydrogen-bond donors (Lipinski definition) is 2. The zero-order chi connectivity index (χ0) is 19.3. The number of rotatable bonds is 6. The van der Waals surface area contributed by atoms with Crippen molar-refractivity contribution in [1.29, 1.82) is 0 Å². The Morgan fingerprint density at radius 2 is 1.70 bits per heavy atom. The maximum atomic E-state index is 12.0. The number of anilines is 1. The van der Waals surface area contributed by atoms with E-state index in [2.05, 4.69) is 15.6 Å². The number of sulfone groups is 1. The SMILES string of the molecule is CS(=O)(=O)c1ccc(NC(=O)NCc2ccc(Cn3ccnc3)cc2)cc1. The predicted molar refractivity (Wildman–Crippen MR) is 103 cm³/mol. The average Bonchev–Trinajstić information content (AvgIpc) is 3.14. The lowest BCUT2D eigenvalue weighted by Gasteiger charge is -2.09. The van der Waals surface area contributed by atoms with Gasteiger partial charge in [-0.05, 0) is 35.4 Å². The van der Waals surface area contributed by atoms with Crippen LogP contribution in [0.2, 0.25) is 0 Å². The number of benzene rings is 2. The maximum absolute atomic E-state index is 12.0. The first-order chi connectivity index (χ1) is 12.9. The molecule has 8 heteroatoms. The van der Waals surface area contributed by atoms with Crippen LogP contribution in [0.1, 0.15) is 11.1 Å². The molecule has 0 aliphatic heterocycles. The van der Waals surface area contributed by atoms with Crippen molar-refractivity contribution < 1.29 is 13.2 Å². The first kappa shape index (κ1) is 18.7. The van der Waals surface area contributed by atoms with E-state index in [9.17, 15) is 13.2 Å². The van der Waals surface area contributed by atoms with Crippen LogP contribution < -0.4 is 10.6 Å². The lowest BCUT2D eigenvalue weighted by atomic mass is 10.1. The predicted octanol–water partition coefficient (Wildman–Crippen LogP) is 2.66. The van der Waals surface area contributed by atoms with E-state index in [1.54, 1.807) is 24.7 Å². The van der Waals surface area contributed by atoms with Crippen LogP contribution in [0, 0.1) is 0 Å². The van der Waals surface area contributed by atoms with E-state index in [0.717, 1.165) is 23.9 Å². The molecule has 0 aliphatic carbocycles. The van der Waals surface area contributed by atoms with Crippen molar-refractivity contribution in [2.45, 2.75) is 18.0 Å². The van der Waals surface area contributed by atoms with Crippen LogP contribution in [0.25, 0.3) is 0 Å². The number of amides is 2. The second kappa shape index (κ2) is 8.05. The van der Waals surface area contributed by atoms with Gasteiger partial charge < -0.3 is 15.2 Å². The summed E-state index contributed by atoms with van der Waals surface area (Å²) in [5, 5.41) is 5.45. The monoisotopic (exact) mass is 384 g/mol. The highest BCUT2D eigenvalue weighted by Gasteiger charge is 2.07. The quantitative estimate of drug-likeness (QED) is 0.683. The molecule has 0 fully saturated rings. The van der Waals surface area contributed by atoms with Gasteiger partial charge in [0.05, 0.1) is 11.2 Å². The fraction of sp³-hybridized carbons (Fsp3) is 0.158. The first-order valence-electron chi connectivity index (χ1n) is 8.29. The summed E-state index contributed by atoms with van der Waals surface area (Å²) in [5.74, 6) is 0. The second-order valence-corrected chi connectivity index (χ2v) is 8.17. The summed E-state index contributed by atoms with van der Waals surface area (Å²) >= 11 is 0. The van der Waals surface area contributed by atoms with E-state index >= 15 is 0 Å². The standard InChI is InChI=1S/C19H20N4O3S/c1-27(25,26)18-8-6-17(7-9-18)22-19(24)21-12-15-2-4-16(5-3-15)13-23-11-10-20-14-23/h2-11,14H,12-13H2,1H3,(H2,21,22,24). The number of nitrogens with one attached hydrogen (secondary N) is 2. The highest BCUT2D eigenvalue weighted by Crippen LogP contribution is 2.13. The summed E-state index contributed by atoms with van der Waals surface area (Å²) in [6, 6.07) is 13.6. The van der Waals surface area contributed by atoms with Crippen LogP contribution in [-0.4, -0.2) is 30.3 Å². The smallest absolute Gasteiger partial charge is 0.319 e. The van der Waals surface area contributed by atoms with E-state index in [-0.39, 0.29) is 10.9 Å². The van der Waals surface area contributed by atoms with Gasteiger partial charge in [-0.2, -0.15) is 0 Å².